The highest BCUT2D eigenvalue weighted by Gasteiger charge is 2.16. The van der Waals surface area contributed by atoms with Crippen LogP contribution in [0.25, 0.3) is 10.9 Å². The third-order valence-corrected chi connectivity index (χ3v) is 5.29. The summed E-state index contributed by atoms with van der Waals surface area (Å²) in [5.41, 5.74) is 1.66. The molecule has 1 aromatic heterocycles. The molecule has 0 saturated carbocycles. The van der Waals surface area contributed by atoms with Crippen molar-refractivity contribution >= 4 is 51.6 Å². The fourth-order valence-corrected chi connectivity index (χ4v) is 3.50. The molecule has 0 unspecified atom stereocenters. The number of hydrogen-bond donors (Lipinski definition) is 1. The highest BCUT2D eigenvalue weighted by molar-refractivity contribution is 6.39. The molecule has 0 atom stereocenters. The van der Waals surface area contributed by atoms with E-state index in [4.69, 9.17) is 23.2 Å². The number of carbonyl (C=O) groups is 2. The summed E-state index contributed by atoms with van der Waals surface area (Å²) in [6.07, 6.45) is 1.49. The van der Waals surface area contributed by atoms with Crippen molar-refractivity contribution in [2.24, 2.45) is 0 Å². The molecule has 3 aromatic rings. The number of carbonyl (C=O) groups excluding carboxylic acids is 2. The highest BCUT2D eigenvalue weighted by Crippen LogP contribution is 2.29. The first-order valence-electron chi connectivity index (χ1n) is 9.20. The van der Waals surface area contributed by atoms with Crippen LogP contribution in [-0.2, 0) is 16.1 Å². The van der Waals surface area contributed by atoms with Gasteiger partial charge in [0, 0.05) is 20.0 Å². The van der Waals surface area contributed by atoms with E-state index in [0.717, 1.165) is 5.56 Å². The Morgan fingerprint density at radius 3 is 2.50 bits per heavy atom. The Morgan fingerprint density at radius 1 is 1.13 bits per heavy atom. The third kappa shape index (κ3) is 4.80. The van der Waals surface area contributed by atoms with Crippen molar-refractivity contribution in [3.05, 3.63) is 68.7 Å². The topological polar surface area (TPSA) is 84.3 Å². The number of hydrogen-bond acceptors (Lipinski definition) is 4. The molecule has 3 rings (SSSR count). The number of amides is 2. The van der Waals surface area contributed by atoms with Crippen LogP contribution in [0, 0.1) is 6.92 Å². The molecule has 2 amide bonds. The van der Waals surface area contributed by atoms with E-state index < -0.39 is 5.91 Å². The standard InChI is InChI=1S/C21H20Cl2N4O3/c1-13-5-3-6-14-19(13)24-12-27(21(14)30)10-9-18(29)26(2)11-17(28)25-20-15(22)7-4-8-16(20)23/h3-8,12H,9-11H2,1-2H3,(H,25,28). The quantitative estimate of drug-likeness (QED) is 0.627. The smallest absolute Gasteiger partial charge is 0.261 e. The van der Waals surface area contributed by atoms with Crippen molar-refractivity contribution in [1.29, 1.82) is 0 Å². The van der Waals surface area contributed by atoms with Crippen molar-refractivity contribution in [3.63, 3.8) is 0 Å². The predicted molar refractivity (Wildman–Crippen MR) is 118 cm³/mol. The Labute approximate surface area is 183 Å². The summed E-state index contributed by atoms with van der Waals surface area (Å²) in [6.45, 7) is 1.87. The van der Waals surface area contributed by atoms with Crippen molar-refractivity contribution in [1.82, 2.24) is 14.5 Å². The van der Waals surface area contributed by atoms with Crippen molar-refractivity contribution in [2.75, 3.05) is 18.9 Å². The average Bonchev–Trinajstić information content (AvgIpc) is 2.70. The number of halogens is 2. The molecule has 0 aliphatic rings. The predicted octanol–water partition coefficient (Wildman–Crippen LogP) is 3.50. The molecule has 0 fully saturated rings. The molecule has 2 aromatic carbocycles. The van der Waals surface area contributed by atoms with Crippen LogP contribution in [0.4, 0.5) is 5.69 Å². The van der Waals surface area contributed by atoms with Crippen molar-refractivity contribution in [2.45, 2.75) is 19.9 Å². The monoisotopic (exact) mass is 446 g/mol. The molecule has 0 radical (unpaired) electrons. The van der Waals surface area contributed by atoms with Gasteiger partial charge < -0.3 is 10.2 Å². The zero-order valence-electron chi connectivity index (χ0n) is 16.5. The lowest BCUT2D eigenvalue weighted by Gasteiger charge is -2.18. The molecular formula is C21H20Cl2N4O3. The molecule has 0 bridgehead atoms. The number of nitrogens with one attached hydrogen (secondary N) is 1. The SMILES string of the molecule is Cc1cccc2c(=O)n(CCC(=O)N(C)CC(=O)Nc3c(Cl)cccc3Cl)cnc12. The Balaban J connectivity index is 1.61. The lowest BCUT2D eigenvalue weighted by Crippen LogP contribution is -2.36. The number of likely N-dealkylation sites (N-methyl/N-ethyl adjacent to an activating group) is 1. The molecule has 1 N–H and O–H groups in total. The molecule has 1 heterocycles. The zero-order valence-corrected chi connectivity index (χ0v) is 18.0. The third-order valence-electron chi connectivity index (χ3n) is 4.66. The zero-order chi connectivity index (χ0) is 21.8. The first kappa shape index (κ1) is 21.8. The maximum Gasteiger partial charge on any atom is 0.261 e. The van der Waals surface area contributed by atoms with Gasteiger partial charge in [0.05, 0.1) is 39.5 Å². The van der Waals surface area contributed by atoms with Gasteiger partial charge in [-0.3, -0.25) is 19.0 Å². The number of aryl methyl sites for hydroxylation is 2. The number of benzene rings is 2. The van der Waals surface area contributed by atoms with Crippen LogP contribution in [0.15, 0.2) is 47.5 Å². The number of rotatable bonds is 6. The molecular weight excluding hydrogens is 427 g/mol. The molecule has 0 aliphatic heterocycles. The lowest BCUT2D eigenvalue weighted by atomic mass is 10.1. The number of fused-ring (bicyclic) bond motifs is 1. The molecule has 0 spiro atoms. The maximum absolute atomic E-state index is 12.6. The summed E-state index contributed by atoms with van der Waals surface area (Å²) in [5.74, 6) is -0.715. The molecule has 0 saturated heterocycles. The number of aromatic nitrogens is 2. The summed E-state index contributed by atoms with van der Waals surface area (Å²) in [7, 11) is 1.51. The second kappa shape index (κ2) is 9.28. The van der Waals surface area contributed by atoms with Gasteiger partial charge in [0.2, 0.25) is 11.8 Å². The number of para-hydroxylation sites is 2. The summed E-state index contributed by atoms with van der Waals surface area (Å²) in [6, 6.07) is 10.3. The number of nitrogens with zero attached hydrogens (tertiary/aromatic N) is 3. The van der Waals surface area contributed by atoms with Gasteiger partial charge in [-0.1, -0.05) is 41.4 Å². The van der Waals surface area contributed by atoms with Crippen LogP contribution in [0.3, 0.4) is 0 Å². The number of anilines is 1. The summed E-state index contributed by atoms with van der Waals surface area (Å²) in [5, 5.41) is 3.74. The van der Waals surface area contributed by atoms with E-state index in [0.29, 0.717) is 26.6 Å². The van der Waals surface area contributed by atoms with E-state index in [9.17, 15) is 14.4 Å². The minimum Gasteiger partial charge on any atom is -0.336 e. The molecule has 0 aliphatic carbocycles. The summed E-state index contributed by atoms with van der Waals surface area (Å²) < 4.78 is 1.40. The fraction of sp³-hybridized carbons (Fsp3) is 0.238. The molecule has 156 valence electrons. The van der Waals surface area contributed by atoms with Gasteiger partial charge in [0.15, 0.2) is 0 Å². The Kier molecular flexibility index (Phi) is 6.74. The van der Waals surface area contributed by atoms with E-state index in [2.05, 4.69) is 10.3 Å². The van der Waals surface area contributed by atoms with Crippen molar-refractivity contribution in [3.8, 4) is 0 Å². The highest BCUT2D eigenvalue weighted by atomic mass is 35.5. The van der Waals surface area contributed by atoms with E-state index >= 15 is 0 Å². The Morgan fingerprint density at radius 2 is 1.80 bits per heavy atom. The van der Waals surface area contributed by atoms with E-state index in [1.807, 2.05) is 13.0 Å². The second-order valence-corrected chi connectivity index (χ2v) is 7.67. The van der Waals surface area contributed by atoms with Gasteiger partial charge >= 0.3 is 0 Å². The maximum atomic E-state index is 12.6. The minimum absolute atomic E-state index is 0.0511. The van der Waals surface area contributed by atoms with Crippen LogP contribution in [-0.4, -0.2) is 39.9 Å². The van der Waals surface area contributed by atoms with Gasteiger partial charge in [0.25, 0.3) is 5.56 Å². The lowest BCUT2D eigenvalue weighted by molar-refractivity contribution is -0.133. The summed E-state index contributed by atoms with van der Waals surface area (Å²) in [4.78, 5) is 42.9. The van der Waals surface area contributed by atoms with Crippen LogP contribution < -0.4 is 10.9 Å². The van der Waals surface area contributed by atoms with Crippen LogP contribution in [0.2, 0.25) is 10.0 Å². The van der Waals surface area contributed by atoms with Crippen LogP contribution in [0.5, 0.6) is 0 Å². The Bertz CT molecular complexity index is 1160. The summed E-state index contributed by atoms with van der Waals surface area (Å²) >= 11 is 12.1. The Hall–Kier alpha value is -2.90. The van der Waals surface area contributed by atoms with Gasteiger partial charge in [-0.05, 0) is 30.7 Å². The van der Waals surface area contributed by atoms with E-state index in [1.165, 1.54) is 22.8 Å². The normalized spacial score (nSPS) is 10.8. The van der Waals surface area contributed by atoms with Gasteiger partial charge in [-0.15, -0.1) is 0 Å². The minimum atomic E-state index is -0.430. The second-order valence-electron chi connectivity index (χ2n) is 6.86. The largest absolute Gasteiger partial charge is 0.336 e. The average molecular weight is 447 g/mol. The van der Waals surface area contributed by atoms with Crippen LogP contribution in [0.1, 0.15) is 12.0 Å². The van der Waals surface area contributed by atoms with Gasteiger partial charge in [-0.25, -0.2) is 4.98 Å². The fourth-order valence-electron chi connectivity index (χ4n) is 3.00. The van der Waals surface area contributed by atoms with E-state index in [-0.39, 0.29) is 31.0 Å². The molecule has 9 heteroatoms. The van der Waals surface area contributed by atoms with Gasteiger partial charge in [-0.2, -0.15) is 0 Å². The van der Waals surface area contributed by atoms with Crippen molar-refractivity contribution < 1.29 is 9.59 Å². The first-order valence-corrected chi connectivity index (χ1v) is 9.96. The molecule has 30 heavy (non-hydrogen) atoms. The molecule has 7 nitrogen and oxygen atoms in total. The first-order chi connectivity index (χ1) is 14.3. The van der Waals surface area contributed by atoms with Gasteiger partial charge in [0.1, 0.15) is 0 Å². The van der Waals surface area contributed by atoms with E-state index in [1.54, 1.807) is 30.3 Å². The van der Waals surface area contributed by atoms with Crippen LogP contribution >= 0.6 is 23.2 Å².